The molecule has 0 spiro atoms. The molecule has 0 radical (unpaired) electrons. The second kappa shape index (κ2) is 20.2. The van der Waals surface area contributed by atoms with E-state index < -0.39 is 31.2 Å². The molecule has 0 atom stereocenters. The van der Waals surface area contributed by atoms with E-state index in [1.807, 2.05) is 65.4 Å². The number of fused-ring (bicyclic) bond motifs is 2. The molecule has 366 valence electrons. The molecule has 4 aromatic heterocycles. The zero-order chi connectivity index (χ0) is 50.1. The summed E-state index contributed by atoms with van der Waals surface area (Å²) in [6.45, 7) is 5.00. The first-order valence-corrected chi connectivity index (χ1v) is 23.4. The molecule has 3 aromatic carbocycles. The number of benzene rings is 3. The van der Waals surface area contributed by atoms with Crippen molar-refractivity contribution in [1.29, 1.82) is 0 Å². The summed E-state index contributed by atoms with van der Waals surface area (Å²) in [5, 5.41) is 11.7. The van der Waals surface area contributed by atoms with Gasteiger partial charge < -0.3 is 26.0 Å². The van der Waals surface area contributed by atoms with E-state index >= 15 is 0 Å². The van der Waals surface area contributed by atoms with Gasteiger partial charge >= 0.3 is 18.3 Å². The standard InChI is InChI=1S/C30H29F3N4O3.C21H20BrF3N4O/c1-17-13-20(5-8-23(17)28(38)36-22-6-7-22)26-15-35-27-25(34-11-10-30(31,32)33)14-21(16-37(26)27)19-4-9-24(18(2)12-19)29(39)40-3;1-12-8-13(2-5-16(12)20(30)28-15-3-4-15)18-10-27-19-17(9-14(22)11-29(18)19)26-7-6-21(23,24)25/h4-5,8-9,12-16,22,34H,6-7,10-11H2,1-3H3,(H,36,38);2,5,8-11,15,26H,3-4,6-7H2,1H3,(H,28,30). The first-order chi connectivity index (χ1) is 33.2. The largest absolute Gasteiger partial charge is 0.465 e. The molecule has 2 aliphatic carbocycles. The molecule has 0 bridgehead atoms. The van der Waals surface area contributed by atoms with Crippen molar-refractivity contribution in [2.24, 2.45) is 0 Å². The number of carbonyl (C=O) groups excluding carboxylic acids is 3. The van der Waals surface area contributed by atoms with E-state index in [9.17, 15) is 40.7 Å². The second-order valence-corrected chi connectivity index (χ2v) is 18.5. The molecule has 2 amide bonds. The molecule has 4 heterocycles. The lowest BCUT2D eigenvalue weighted by atomic mass is 10.0. The Labute approximate surface area is 407 Å². The molecule has 70 heavy (non-hydrogen) atoms. The first-order valence-electron chi connectivity index (χ1n) is 22.6. The number of halogens is 7. The molecule has 2 aliphatic rings. The Morgan fingerprint density at radius 3 is 1.49 bits per heavy atom. The van der Waals surface area contributed by atoms with Crippen LogP contribution in [0.25, 0.3) is 44.9 Å². The fourth-order valence-electron chi connectivity index (χ4n) is 7.98. The normalized spacial score (nSPS) is 13.7. The number of rotatable bonds is 14. The van der Waals surface area contributed by atoms with Crippen molar-refractivity contribution in [2.75, 3.05) is 30.8 Å². The highest BCUT2D eigenvalue weighted by atomic mass is 79.9. The number of aromatic nitrogens is 4. The minimum Gasteiger partial charge on any atom is -0.465 e. The molecule has 0 saturated heterocycles. The molecule has 19 heteroatoms. The number of carbonyl (C=O) groups is 3. The van der Waals surface area contributed by atoms with Gasteiger partial charge in [0.1, 0.15) is 0 Å². The van der Waals surface area contributed by atoms with Gasteiger partial charge in [0.05, 0.1) is 60.7 Å². The average Bonchev–Trinajstić information content (AvgIpc) is 4.21. The summed E-state index contributed by atoms with van der Waals surface area (Å²) in [6.07, 6.45) is 0.628. The van der Waals surface area contributed by atoms with Crippen molar-refractivity contribution in [3.63, 3.8) is 0 Å². The van der Waals surface area contributed by atoms with Crippen LogP contribution in [0.5, 0.6) is 0 Å². The molecule has 4 N–H and O–H groups in total. The number of hydrogen-bond acceptors (Lipinski definition) is 8. The van der Waals surface area contributed by atoms with Crippen LogP contribution in [0.4, 0.5) is 37.7 Å². The van der Waals surface area contributed by atoms with Crippen molar-refractivity contribution in [2.45, 2.75) is 83.7 Å². The highest BCUT2D eigenvalue weighted by Gasteiger charge is 2.29. The van der Waals surface area contributed by atoms with Gasteiger partial charge in [0.2, 0.25) is 0 Å². The van der Waals surface area contributed by atoms with Gasteiger partial charge in [0.15, 0.2) is 11.3 Å². The molecule has 2 saturated carbocycles. The maximum absolute atomic E-state index is 12.9. The van der Waals surface area contributed by atoms with Gasteiger partial charge in [-0.25, -0.2) is 14.8 Å². The maximum atomic E-state index is 12.9. The number of nitrogens with zero attached hydrogens (tertiary/aromatic N) is 4. The second-order valence-electron chi connectivity index (χ2n) is 17.5. The Kier molecular flexibility index (Phi) is 14.3. The SMILES string of the molecule is COC(=O)c1ccc(-c2cc(NCCC(F)(F)F)c3ncc(-c4ccc(C(=O)NC5CC5)c(C)c4)n3c2)cc1C.Cc1cc(-c2cnc3c(NCCC(F)(F)F)cc(Br)cn23)ccc1C(=O)NC1CC1. The smallest absolute Gasteiger partial charge is 0.390 e. The van der Waals surface area contributed by atoms with Crippen LogP contribution < -0.4 is 21.3 Å². The van der Waals surface area contributed by atoms with Gasteiger partial charge in [-0.05, 0) is 127 Å². The lowest BCUT2D eigenvalue weighted by molar-refractivity contribution is -0.132. The zero-order valence-corrected chi connectivity index (χ0v) is 40.1. The number of amides is 2. The Bertz CT molecular complexity index is 3120. The Hall–Kier alpha value is -6.89. The lowest BCUT2D eigenvalue weighted by Gasteiger charge is -2.14. The summed E-state index contributed by atoms with van der Waals surface area (Å²) in [7, 11) is 1.32. The molecule has 0 aliphatic heterocycles. The van der Waals surface area contributed by atoms with Gasteiger partial charge in [-0.2, -0.15) is 26.3 Å². The monoisotopic (exact) mass is 1030 g/mol. The third kappa shape index (κ3) is 11.9. The number of pyridine rings is 2. The number of nitrogens with one attached hydrogen (secondary N) is 4. The van der Waals surface area contributed by atoms with E-state index in [0.29, 0.717) is 49.4 Å². The Morgan fingerprint density at radius 1 is 0.614 bits per heavy atom. The van der Waals surface area contributed by atoms with E-state index in [1.165, 1.54) is 7.11 Å². The van der Waals surface area contributed by atoms with Gasteiger partial charge in [-0.1, -0.05) is 24.3 Å². The predicted octanol–water partition coefficient (Wildman–Crippen LogP) is 11.7. The highest BCUT2D eigenvalue weighted by Crippen LogP contribution is 2.34. The van der Waals surface area contributed by atoms with E-state index in [4.69, 9.17) is 4.74 Å². The van der Waals surface area contributed by atoms with Crippen molar-refractivity contribution >= 4 is 56.4 Å². The highest BCUT2D eigenvalue weighted by molar-refractivity contribution is 9.10. The van der Waals surface area contributed by atoms with Gasteiger partial charge in [0, 0.05) is 69.9 Å². The fourth-order valence-corrected chi connectivity index (χ4v) is 8.42. The summed E-state index contributed by atoms with van der Waals surface area (Å²) >= 11 is 3.42. The number of hydrogen-bond donors (Lipinski definition) is 4. The van der Waals surface area contributed by atoms with Crippen molar-refractivity contribution in [1.82, 2.24) is 29.4 Å². The van der Waals surface area contributed by atoms with Crippen LogP contribution in [-0.4, -0.2) is 81.2 Å². The number of alkyl halides is 6. The summed E-state index contributed by atoms with van der Waals surface area (Å²) < 4.78 is 85.3. The molecule has 9 rings (SSSR count). The van der Waals surface area contributed by atoms with Crippen molar-refractivity contribution in [3.8, 4) is 33.6 Å². The predicted molar refractivity (Wildman–Crippen MR) is 259 cm³/mol. The summed E-state index contributed by atoms with van der Waals surface area (Å²) in [6, 6.07) is 20.4. The van der Waals surface area contributed by atoms with Gasteiger partial charge in [-0.15, -0.1) is 0 Å². The number of esters is 1. The van der Waals surface area contributed by atoms with Crippen LogP contribution >= 0.6 is 15.9 Å². The molecular formula is C51H49BrF6N8O4. The van der Waals surface area contributed by atoms with E-state index in [0.717, 1.165) is 70.5 Å². The number of methoxy groups -OCH3 is 1. The van der Waals surface area contributed by atoms with Crippen LogP contribution in [0.2, 0.25) is 0 Å². The Morgan fingerprint density at radius 2 is 1.04 bits per heavy atom. The lowest BCUT2D eigenvalue weighted by Crippen LogP contribution is -2.26. The quantitative estimate of drug-likeness (QED) is 0.0623. The van der Waals surface area contributed by atoms with Gasteiger partial charge in [-0.3, -0.25) is 18.4 Å². The number of aryl methyl sites for hydroxylation is 3. The van der Waals surface area contributed by atoms with Crippen molar-refractivity contribution in [3.05, 3.63) is 129 Å². The molecule has 7 aromatic rings. The van der Waals surface area contributed by atoms with Crippen LogP contribution in [0.15, 0.2) is 96.0 Å². The third-order valence-corrected chi connectivity index (χ3v) is 12.4. The zero-order valence-electron chi connectivity index (χ0n) is 38.5. The molecular weight excluding hydrogens is 983 g/mol. The Balaban J connectivity index is 0.000000196. The van der Waals surface area contributed by atoms with E-state index in [-0.39, 0.29) is 37.0 Å². The molecule has 0 unspecified atom stereocenters. The first kappa shape index (κ1) is 49.5. The van der Waals surface area contributed by atoms with Crippen LogP contribution in [0.3, 0.4) is 0 Å². The van der Waals surface area contributed by atoms with Crippen LogP contribution in [0, 0.1) is 20.8 Å². The topological polar surface area (TPSA) is 143 Å². The van der Waals surface area contributed by atoms with Crippen molar-refractivity contribution < 1.29 is 45.5 Å². The molecule has 12 nitrogen and oxygen atoms in total. The fraction of sp³-hybridized carbons (Fsp3) is 0.314. The average molecular weight is 1030 g/mol. The minimum atomic E-state index is -4.30. The third-order valence-electron chi connectivity index (χ3n) is 11.9. The summed E-state index contributed by atoms with van der Waals surface area (Å²) in [5.41, 5.74) is 10.6. The number of ether oxygens (including phenoxy) is 1. The van der Waals surface area contributed by atoms with Gasteiger partial charge in [0.25, 0.3) is 11.8 Å². The van der Waals surface area contributed by atoms with Crippen LogP contribution in [0.1, 0.15) is 86.3 Å². The summed E-state index contributed by atoms with van der Waals surface area (Å²) in [5.74, 6) is -0.622. The van der Waals surface area contributed by atoms with E-state index in [1.54, 1.807) is 55.7 Å². The molecule has 2 fully saturated rings. The maximum Gasteiger partial charge on any atom is 0.390 e. The van der Waals surface area contributed by atoms with Crippen LogP contribution in [-0.2, 0) is 4.74 Å². The summed E-state index contributed by atoms with van der Waals surface area (Å²) in [4.78, 5) is 46.0. The number of anilines is 2. The number of imidazole rings is 2. The van der Waals surface area contributed by atoms with E-state index in [2.05, 4.69) is 47.2 Å². The minimum absolute atomic E-state index is 0.0708.